The average Bonchev–Trinajstić information content (AvgIpc) is 2.30. The van der Waals surface area contributed by atoms with Crippen LogP contribution < -0.4 is 0 Å². The lowest BCUT2D eigenvalue weighted by molar-refractivity contribution is 0.190. The Morgan fingerprint density at radius 2 is 1.80 bits per heavy atom. The molecule has 0 amide bonds. The van der Waals surface area contributed by atoms with Gasteiger partial charge in [0.2, 0.25) is 0 Å². The van der Waals surface area contributed by atoms with Crippen LogP contribution in [0.15, 0.2) is 11.6 Å². The maximum Gasteiger partial charge on any atom is -0.0317 e. The molecule has 0 heteroatoms. The van der Waals surface area contributed by atoms with E-state index >= 15 is 0 Å². The Hall–Kier alpha value is -0.260. The summed E-state index contributed by atoms with van der Waals surface area (Å²) in [6.45, 7) is 4.65. The molecule has 0 bridgehead atoms. The third kappa shape index (κ3) is 2.86. The maximum atomic E-state index is 2.50. The highest BCUT2D eigenvalue weighted by molar-refractivity contribution is 5.03. The Morgan fingerprint density at radius 3 is 2.33 bits per heavy atom. The van der Waals surface area contributed by atoms with Crippen LogP contribution in [-0.4, -0.2) is 0 Å². The van der Waals surface area contributed by atoms with Crippen molar-refractivity contribution >= 4 is 0 Å². The van der Waals surface area contributed by atoms with Crippen molar-refractivity contribution in [3.63, 3.8) is 0 Å². The van der Waals surface area contributed by atoms with Crippen molar-refractivity contribution in [1.29, 1.82) is 0 Å². The summed E-state index contributed by atoms with van der Waals surface area (Å²) in [6.07, 6.45) is 14.2. The van der Waals surface area contributed by atoms with Gasteiger partial charge in [-0.2, -0.15) is 0 Å². The molecule has 0 nitrogen and oxygen atoms in total. The zero-order valence-corrected chi connectivity index (χ0v) is 10.5. The molecule has 0 N–H and O–H groups in total. The number of allylic oxidation sites excluding steroid dienone is 2. The summed E-state index contributed by atoms with van der Waals surface area (Å²) in [4.78, 5) is 0. The zero-order valence-electron chi connectivity index (χ0n) is 10.5. The number of hydrogen-bond acceptors (Lipinski definition) is 0. The molecule has 1 fully saturated rings. The van der Waals surface area contributed by atoms with E-state index < -0.39 is 0 Å². The molecule has 0 saturated heterocycles. The summed E-state index contributed by atoms with van der Waals surface area (Å²) in [5, 5.41) is 0. The van der Waals surface area contributed by atoms with Crippen molar-refractivity contribution in [2.45, 2.75) is 65.2 Å². The Balaban J connectivity index is 1.81. The van der Waals surface area contributed by atoms with Crippen molar-refractivity contribution in [2.75, 3.05) is 0 Å². The summed E-state index contributed by atoms with van der Waals surface area (Å²) in [7, 11) is 0. The van der Waals surface area contributed by atoms with Crippen LogP contribution in [0.2, 0.25) is 0 Å². The van der Waals surface area contributed by atoms with E-state index in [-0.39, 0.29) is 0 Å². The van der Waals surface area contributed by atoms with Gasteiger partial charge in [0.15, 0.2) is 0 Å². The lowest BCUT2D eigenvalue weighted by Crippen LogP contribution is -2.22. The number of hydrogen-bond donors (Lipinski definition) is 0. The van der Waals surface area contributed by atoms with Crippen molar-refractivity contribution in [3.8, 4) is 0 Å². The second kappa shape index (κ2) is 5.18. The Kier molecular flexibility index (Phi) is 3.88. The molecule has 2 aliphatic carbocycles. The SMILES string of the molecule is CCC1CCC(C2CC=C(C)CC2)CC1. The molecule has 0 spiro atoms. The minimum absolute atomic E-state index is 1.03. The monoisotopic (exact) mass is 206 g/mol. The molecular weight excluding hydrogens is 180 g/mol. The van der Waals surface area contributed by atoms with Gasteiger partial charge in [-0.15, -0.1) is 0 Å². The first-order chi connectivity index (χ1) is 7.29. The molecule has 15 heavy (non-hydrogen) atoms. The fourth-order valence-electron chi connectivity index (χ4n) is 3.48. The summed E-state index contributed by atoms with van der Waals surface area (Å²) in [5.41, 5.74) is 1.63. The van der Waals surface area contributed by atoms with E-state index in [1.807, 2.05) is 0 Å². The van der Waals surface area contributed by atoms with Gasteiger partial charge in [0, 0.05) is 0 Å². The first kappa shape index (κ1) is 11.2. The fourth-order valence-corrected chi connectivity index (χ4v) is 3.48. The molecule has 1 saturated carbocycles. The van der Waals surface area contributed by atoms with E-state index in [4.69, 9.17) is 0 Å². The predicted molar refractivity (Wildman–Crippen MR) is 66.8 cm³/mol. The van der Waals surface area contributed by atoms with Crippen LogP contribution in [0.4, 0.5) is 0 Å². The summed E-state index contributed by atoms with van der Waals surface area (Å²) < 4.78 is 0. The Morgan fingerprint density at radius 1 is 1.07 bits per heavy atom. The molecule has 0 aromatic heterocycles. The maximum absolute atomic E-state index is 2.50. The molecule has 2 rings (SSSR count). The highest BCUT2D eigenvalue weighted by Gasteiger charge is 2.27. The molecule has 0 aromatic carbocycles. The van der Waals surface area contributed by atoms with E-state index in [0.29, 0.717) is 0 Å². The van der Waals surface area contributed by atoms with Gasteiger partial charge in [0.25, 0.3) is 0 Å². The third-order valence-electron chi connectivity index (χ3n) is 4.81. The normalized spacial score (nSPS) is 37.5. The van der Waals surface area contributed by atoms with Crippen LogP contribution in [0, 0.1) is 17.8 Å². The largest absolute Gasteiger partial charge is 0.0853 e. The van der Waals surface area contributed by atoms with Crippen LogP contribution in [-0.2, 0) is 0 Å². The Labute approximate surface area is 95.1 Å². The van der Waals surface area contributed by atoms with Gasteiger partial charge in [0.1, 0.15) is 0 Å². The molecule has 0 radical (unpaired) electrons. The standard InChI is InChI=1S/C15H26/c1-3-13-6-10-15(11-7-13)14-8-4-12(2)5-9-14/h4,13-15H,3,5-11H2,1-2H3. The molecular formula is C15H26. The summed E-state index contributed by atoms with van der Waals surface area (Å²) in [6, 6.07) is 0. The quantitative estimate of drug-likeness (QED) is 0.561. The van der Waals surface area contributed by atoms with E-state index in [0.717, 1.165) is 17.8 Å². The minimum Gasteiger partial charge on any atom is -0.0853 e. The van der Waals surface area contributed by atoms with Crippen LogP contribution in [0.1, 0.15) is 65.2 Å². The molecule has 0 aromatic rings. The molecule has 2 aliphatic rings. The molecule has 1 unspecified atom stereocenters. The predicted octanol–water partition coefficient (Wildman–Crippen LogP) is 4.95. The van der Waals surface area contributed by atoms with Crippen LogP contribution in [0.25, 0.3) is 0 Å². The van der Waals surface area contributed by atoms with Crippen molar-refractivity contribution in [1.82, 2.24) is 0 Å². The fraction of sp³-hybridized carbons (Fsp3) is 0.867. The second-order valence-electron chi connectivity index (χ2n) is 5.77. The lowest BCUT2D eigenvalue weighted by Gasteiger charge is -2.35. The number of rotatable bonds is 2. The van der Waals surface area contributed by atoms with Crippen molar-refractivity contribution in [2.24, 2.45) is 17.8 Å². The summed E-state index contributed by atoms with van der Waals surface area (Å²) in [5.74, 6) is 3.16. The van der Waals surface area contributed by atoms with Gasteiger partial charge in [-0.25, -0.2) is 0 Å². The zero-order chi connectivity index (χ0) is 10.7. The van der Waals surface area contributed by atoms with Gasteiger partial charge in [-0.1, -0.05) is 37.8 Å². The average molecular weight is 206 g/mol. The lowest BCUT2D eigenvalue weighted by atomic mass is 9.71. The molecule has 0 heterocycles. The van der Waals surface area contributed by atoms with Crippen LogP contribution in [0.3, 0.4) is 0 Å². The van der Waals surface area contributed by atoms with Crippen molar-refractivity contribution in [3.05, 3.63) is 11.6 Å². The first-order valence-electron chi connectivity index (χ1n) is 6.95. The van der Waals surface area contributed by atoms with Crippen LogP contribution in [0.5, 0.6) is 0 Å². The van der Waals surface area contributed by atoms with Gasteiger partial charge in [0.05, 0.1) is 0 Å². The smallest absolute Gasteiger partial charge is 0.0317 e. The highest BCUT2D eigenvalue weighted by atomic mass is 14.3. The third-order valence-corrected chi connectivity index (χ3v) is 4.81. The topological polar surface area (TPSA) is 0 Å². The Bertz CT molecular complexity index is 218. The van der Waals surface area contributed by atoms with Crippen molar-refractivity contribution < 1.29 is 0 Å². The molecule has 0 aliphatic heterocycles. The second-order valence-corrected chi connectivity index (χ2v) is 5.77. The minimum atomic E-state index is 1.03. The van der Waals surface area contributed by atoms with E-state index in [1.54, 1.807) is 5.57 Å². The van der Waals surface area contributed by atoms with E-state index in [1.165, 1.54) is 51.4 Å². The van der Waals surface area contributed by atoms with E-state index in [9.17, 15) is 0 Å². The highest BCUT2D eigenvalue weighted by Crippen LogP contribution is 2.40. The van der Waals surface area contributed by atoms with Gasteiger partial charge < -0.3 is 0 Å². The molecule has 1 atom stereocenters. The summed E-state index contributed by atoms with van der Waals surface area (Å²) >= 11 is 0. The first-order valence-corrected chi connectivity index (χ1v) is 6.95. The molecule has 86 valence electrons. The van der Waals surface area contributed by atoms with Crippen LogP contribution >= 0.6 is 0 Å². The van der Waals surface area contributed by atoms with Gasteiger partial charge in [-0.3, -0.25) is 0 Å². The van der Waals surface area contributed by atoms with E-state index in [2.05, 4.69) is 19.9 Å². The van der Waals surface area contributed by atoms with Gasteiger partial charge >= 0.3 is 0 Å². The van der Waals surface area contributed by atoms with Gasteiger partial charge in [-0.05, 0) is 56.8 Å².